The quantitative estimate of drug-likeness (QED) is 0.578. The molecule has 2 rings (SSSR count). The van der Waals surface area contributed by atoms with Crippen molar-refractivity contribution in [2.45, 2.75) is 91.3 Å². The lowest BCUT2D eigenvalue weighted by molar-refractivity contribution is -0.411. The minimum atomic E-state index is -0.827. The molecule has 0 aromatic heterocycles. The molecule has 1 fully saturated rings. The van der Waals surface area contributed by atoms with Crippen LogP contribution in [-0.4, -0.2) is 22.8 Å². The van der Waals surface area contributed by atoms with Crippen LogP contribution in [0.3, 0.4) is 0 Å². The van der Waals surface area contributed by atoms with Gasteiger partial charge in [0.15, 0.2) is 0 Å². The van der Waals surface area contributed by atoms with Gasteiger partial charge in [-0.1, -0.05) is 25.0 Å². The molecule has 0 spiro atoms. The zero-order chi connectivity index (χ0) is 17.3. The van der Waals surface area contributed by atoms with Crippen LogP contribution in [0.25, 0.3) is 0 Å². The Morgan fingerprint density at radius 1 is 1.35 bits per heavy atom. The predicted octanol–water partition coefficient (Wildman–Crippen LogP) is 4.88. The van der Waals surface area contributed by atoms with E-state index in [9.17, 15) is 4.79 Å². The Bertz CT molecular complexity index is 470. The third-order valence-electron chi connectivity index (χ3n) is 5.87. The molecule has 4 nitrogen and oxygen atoms in total. The van der Waals surface area contributed by atoms with E-state index in [1.54, 1.807) is 18.1 Å². The first kappa shape index (κ1) is 18.5. The molecule has 1 heterocycles. The molecular formula is C19H32O4. The standard InChI is InChI=1S/C19H32O4/c1-13-7-6-10-18(3,4)15(13)8-11-19(5)12-9-16(22-23-19)14(2)17(20)21/h14,16H,6-12H2,1-5H3,(H,20,21)/t14-,16-,19-/m1/s1. The number of carboxylic acid groups (broad SMARTS) is 1. The first-order valence-corrected chi connectivity index (χ1v) is 8.91. The normalized spacial score (nSPS) is 32.7. The summed E-state index contributed by atoms with van der Waals surface area (Å²) >= 11 is 0. The van der Waals surface area contributed by atoms with Crippen LogP contribution in [0.5, 0.6) is 0 Å². The van der Waals surface area contributed by atoms with E-state index in [1.165, 1.54) is 19.3 Å². The Hall–Kier alpha value is -0.870. The van der Waals surface area contributed by atoms with Gasteiger partial charge in [0, 0.05) is 0 Å². The monoisotopic (exact) mass is 324 g/mol. The topological polar surface area (TPSA) is 55.8 Å². The van der Waals surface area contributed by atoms with Crippen LogP contribution in [0.15, 0.2) is 11.1 Å². The van der Waals surface area contributed by atoms with Crippen molar-refractivity contribution in [1.82, 2.24) is 0 Å². The largest absolute Gasteiger partial charge is 0.481 e. The maximum absolute atomic E-state index is 11.1. The molecule has 0 unspecified atom stereocenters. The minimum absolute atomic E-state index is 0.286. The Balaban J connectivity index is 1.93. The van der Waals surface area contributed by atoms with Crippen molar-refractivity contribution in [3.05, 3.63) is 11.1 Å². The number of carboxylic acids is 1. The van der Waals surface area contributed by atoms with E-state index in [0.29, 0.717) is 0 Å². The van der Waals surface area contributed by atoms with E-state index in [1.807, 2.05) is 0 Å². The number of carbonyl (C=O) groups is 1. The lowest BCUT2D eigenvalue weighted by Crippen LogP contribution is -2.41. The van der Waals surface area contributed by atoms with Gasteiger partial charge in [-0.05, 0) is 71.1 Å². The third kappa shape index (κ3) is 4.36. The molecule has 0 aromatic carbocycles. The maximum atomic E-state index is 11.1. The van der Waals surface area contributed by atoms with Gasteiger partial charge in [-0.3, -0.25) is 4.79 Å². The summed E-state index contributed by atoms with van der Waals surface area (Å²) in [5.41, 5.74) is 3.10. The van der Waals surface area contributed by atoms with Crippen molar-refractivity contribution in [2.75, 3.05) is 0 Å². The number of rotatable bonds is 5. The summed E-state index contributed by atoms with van der Waals surface area (Å²) in [5, 5.41) is 9.08. The van der Waals surface area contributed by atoms with E-state index in [4.69, 9.17) is 14.9 Å². The van der Waals surface area contributed by atoms with E-state index in [-0.39, 0.29) is 17.1 Å². The van der Waals surface area contributed by atoms with Crippen molar-refractivity contribution in [3.63, 3.8) is 0 Å². The predicted molar refractivity (Wildman–Crippen MR) is 90.0 cm³/mol. The van der Waals surface area contributed by atoms with Crippen molar-refractivity contribution in [1.29, 1.82) is 0 Å². The fraction of sp³-hybridized carbons (Fsp3) is 0.842. The molecule has 0 bridgehead atoms. The van der Waals surface area contributed by atoms with E-state index < -0.39 is 11.9 Å². The molecule has 0 amide bonds. The molecule has 2 aliphatic rings. The molecule has 0 saturated carbocycles. The number of aliphatic carboxylic acids is 1. The third-order valence-corrected chi connectivity index (χ3v) is 5.87. The summed E-state index contributed by atoms with van der Waals surface area (Å²) in [5.74, 6) is -1.35. The summed E-state index contributed by atoms with van der Waals surface area (Å²) in [7, 11) is 0. The smallest absolute Gasteiger partial charge is 0.308 e. The van der Waals surface area contributed by atoms with Crippen molar-refractivity contribution >= 4 is 5.97 Å². The summed E-state index contributed by atoms with van der Waals surface area (Å²) in [6.07, 6.45) is 6.97. The molecular weight excluding hydrogens is 292 g/mol. The highest BCUT2D eigenvalue weighted by molar-refractivity contribution is 5.70. The minimum Gasteiger partial charge on any atom is -0.481 e. The van der Waals surface area contributed by atoms with Gasteiger partial charge in [-0.2, -0.15) is 0 Å². The fourth-order valence-corrected chi connectivity index (χ4v) is 3.99. The van der Waals surface area contributed by atoms with Gasteiger partial charge in [0.1, 0.15) is 11.7 Å². The van der Waals surface area contributed by atoms with Crippen LogP contribution in [0, 0.1) is 11.3 Å². The Morgan fingerprint density at radius 3 is 2.57 bits per heavy atom. The summed E-state index contributed by atoms with van der Waals surface area (Å²) in [4.78, 5) is 22.2. The summed E-state index contributed by atoms with van der Waals surface area (Å²) in [6.45, 7) is 10.7. The van der Waals surface area contributed by atoms with Gasteiger partial charge >= 0.3 is 5.97 Å². The van der Waals surface area contributed by atoms with Crippen molar-refractivity contribution in [2.24, 2.45) is 11.3 Å². The average Bonchev–Trinajstić information content (AvgIpc) is 2.46. The SMILES string of the molecule is CC1=C(CC[C@]2(C)CC[C@H]([C@@H](C)C(=O)O)OO2)C(C)(C)CCC1. The summed E-state index contributed by atoms with van der Waals surface area (Å²) in [6, 6.07) is 0. The molecule has 1 aliphatic heterocycles. The Kier molecular flexibility index (Phi) is 5.57. The fourth-order valence-electron chi connectivity index (χ4n) is 3.99. The second-order valence-corrected chi connectivity index (χ2v) is 8.33. The Labute approximate surface area is 140 Å². The molecule has 3 atom stereocenters. The van der Waals surface area contributed by atoms with E-state index in [0.717, 1.165) is 25.7 Å². The zero-order valence-electron chi connectivity index (χ0n) is 15.3. The lowest BCUT2D eigenvalue weighted by atomic mass is 9.70. The average molecular weight is 324 g/mol. The molecule has 1 aliphatic carbocycles. The second-order valence-electron chi connectivity index (χ2n) is 8.33. The van der Waals surface area contributed by atoms with Gasteiger partial charge in [0.25, 0.3) is 0 Å². The number of hydrogen-bond acceptors (Lipinski definition) is 3. The van der Waals surface area contributed by atoms with Crippen LogP contribution < -0.4 is 0 Å². The molecule has 4 heteroatoms. The van der Waals surface area contributed by atoms with Gasteiger partial charge in [0.05, 0.1) is 5.92 Å². The van der Waals surface area contributed by atoms with E-state index in [2.05, 4.69) is 27.7 Å². The van der Waals surface area contributed by atoms with Crippen LogP contribution in [0.1, 0.15) is 79.6 Å². The second kappa shape index (κ2) is 6.94. The molecule has 1 N–H and O–H groups in total. The maximum Gasteiger partial charge on any atom is 0.308 e. The molecule has 23 heavy (non-hydrogen) atoms. The first-order chi connectivity index (χ1) is 10.6. The van der Waals surface area contributed by atoms with Crippen LogP contribution in [-0.2, 0) is 14.6 Å². The highest BCUT2D eigenvalue weighted by atomic mass is 17.2. The van der Waals surface area contributed by atoms with Gasteiger partial charge < -0.3 is 5.11 Å². The molecule has 0 radical (unpaired) electrons. The lowest BCUT2D eigenvalue weighted by Gasteiger charge is -2.40. The number of hydrogen-bond donors (Lipinski definition) is 1. The number of allylic oxidation sites excluding steroid dienone is 2. The van der Waals surface area contributed by atoms with Gasteiger partial charge in [0.2, 0.25) is 0 Å². The molecule has 0 aromatic rings. The highest BCUT2D eigenvalue weighted by Crippen LogP contribution is 2.44. The van der Waals surface area contributed by atoms with Gasteiger partial charge in [-0.15, -0.1) is 0 Å². The Morgan fingerprint density at radius 2 is 2.04 bits per heavy atom. The summed E-state index contributed by atoms with van der Waals surface area (Å²) < 4.78 is 0. The molecule has 132 valence electrons. The zero-order valence-corrected chi connectivity index (χ0v) is 15.3. The van der Waals surface area contributed by atoms with Crippen LogP contribution in [0.4, 0.5) is 0 Å². The first-order valence-electron chi connectivity index (χ1n) is 8.91. The van der Waals surface area contributed by atoms with Crippen LogP contribution >= 0.6 is 0 Å². The van der Waals surface area contributed by atoms with Crippen molar-refractivity contribution < 1.29 is 19.7 Å². The van der Waals surface area contributed by atoms with Crippen LogP contribution in [0.2, 0.25) is 0 Å². The van der Waals surface area contributed by atoms with Crippen molar-refractivity contribution in [3.8, 4) is 0 Å². The highest BCUT2D eigenvalue weighted by Gasteiger charge is 2.39. The van der Waals surface area contributed by atoms with Gasteiger partial charge in [-0.25, -0.2) is 9.78 Å². The van der Waals surface area contributed by atoms with E-state index >= 15 is 0 Å². The molecule has 1 saturated heterocycles.